The Bertz CT molecular complexity index is 623. The minimum absolute atomic E-state index is 0.771. The Morgan fingerprint density at radius 1 is 1.10 bits per heavy atom. The summed E-state index contributed by atoms with van der Waals surface area (Å²) in [6, 6.07) is 4.35. The highest BCUT2D eigenvalue weighted by Crippen LogP contribution is 2.27. The van der Waals surface area contributed by atoms with Gasteiger partial charge in [0.15, 0.2) is 5.82 Å². The minimum Gasteiger partial charge on any atom is -0.369 e. The van der Waals surface area contributed by atoms with Crippen LogP contribution in [0.25, 0.3) is 11.4 Å². The summed E-state index contributed by atoms with van der Waals surface area (Å²) in [6.45, 7) is 9.39. The predicted molar refractivity (Wildman–Crippen MR) is 88.2 cm³/mol. The molecule has 0 radical (unpaired) electrons. The van der Waals surface area contributed by atoms with Crippen molar-refractivity contribution < 1.29 is 0 Å². The molecule has 1 aromatic carbocycles. The van der Waals surface area contributed by atoms with Gasteiger partial charge in [-0.1, -0.05) is 13.0 Å². The lowest BCUT2D eigenvalue weighted by Crippen LogP contribution is -2.05. The number of nitrogens with one attached hydrogen (secondary N) is 1. The van der Waals surface area contributed by atoms with E-state index in [2.05, 4.69) is 71.0 Å². The lowest BCUT2D eigenvalue weighted by molar-refractivity contribution is 0.963. The molecular formula is C16H20BrN3. The molecule has 0 fully saturated rings. The van der Waals surface area contributed by atoms with Crippen molar-refractivity contribution in [3.8, 4) is 11.4 Å². The number of nitrogens with zero attached hydrogens (tertiary/aromatic N) is 2. The van der Waals surface area contributed by atoms with Crippen LogP contribution in [0.3, 0.4) is 0 Å². The molecule has 0 saturated heterocycles. The van der Waals surface area contributed by atoms with Crippen LogP contribution in [0.4, 0.5) is 5.82 Å². The predicted octanol–water partition coefficient (Wildman–Crippen LogP) is 4.65. The first-order chi connectivity index (χ1) is 9.52. The first kappa shape index (κ1) is 15.0. The van der Waals surface area contributed by atoms with Crippen LogP contribution in [0, 0.1) is 20.8 Å². The number of aryl methyl sites for hydroxylation is 3. The van der Waals surface area contributed by atoms with Gasteiger partial charge in [0.05, 0.1) is 4.47 Å². The molecule has 1 aromatic heterocycles. The molecule has 0 aliphatic heterocycles. The molecule has 3 nitrogen and oxygen atoms in total. The lowest BCUT2D eigenvalue weighted by Gasteiger charge is -2.11. The highest BCUT2D eigenvalue weighted by molar-refractivity contribution is 9.10. The monoisotopic (exact) mass is 333 g/mol. The van der Waals surface area contributed by atoms with Crippen molar-refractivity contribution in [2.24, 2.45) is 0 Å². The number of rotatable bonds is 4. The quantitative estimate of drug-likeness (QED) is 0.884. The van der Waals surface area contributed by atoms with Gasteiger partial charge in [0.25, 0.3) is 0 Å². The molecule has 0 atom stereocenters. The molecule has 1 heterocycles. The van der Waals surface area contributed by atoms with E-state index in [0.717, 1.165) is 34.6 Å². The number of hydrogen-bond acceptors (Lipinski definition) is 3. The average molecular weight is 334 g/mol. The number of anilines is 1. The van der Waals surface area contributed by atoms with Crippen LogP contribution in [0.2, 0.25) is 0 Å². The Balaban J connectivity index is 2.45. The van der Waals surface area contributed by atoms with E-state index in [9.17, 15) is 0 Å². The van der Waals surface area contributed by atoms with E-state index in [4.69, 9.17) is 0 Å². The van der Waals surface area contributed by atoms with Crippen molar-refractivity contribution in [3.63, 3.8) is 0 Å². The molecule has 0 unspecified atom stereocenters. The summed E-state index contributed by atoms with van der Waals surface area (Å²) in [6.07, 6.45) is 2.88. The summed E-state index contributed by atoms with van der Waals surface area (Å²) in [5, 5.41) is 3.32. The molecule has 0 aliphatic rings. The van der Waals surface area contributed by atoms with Crippen molar-refractivity contribution in [2.75, 3.05) is 11.9 Å². The maximum Gasteiger partial charge on any atom is 0.161 e. The Hall–Kier alpha value is -1.42. The van der Waals surface area contributed by atoms with Gasteiger partial charge in [-0.3, -0.25) is 0 Å². The highest BCUT2D eigenvalue weighted by Gasteiger charge is 2.10. The number of benzene rings is 1. The van der Waals surface area contributed by atoms with Gasteiger partial charge in [-0.25, -0.2) is 9.97 Å². The second-order valence-electron chi connectivity index (χ2n) is 5.07. The van der Waals surface area contributed by atoms with Gasteiger partial charge in [0.1, 0.15) is 5.82 Å². The number of hydrogen-bond donors (Lipinski definition) is 1. The summed E-state index contributed by atoms with van der Waals surface area (Å²) in [5.74, 6) is 1.63. The normalized spacial score (nSPS) is 10.7. The fourth-order valence-corrected chi connectivity index (χ4v) is 2.40. The van der Waals surface area contributed by atoms with Gasteiger partial charge in [-0.2, -0.15) is 0 Å². The molecule has 4 heteroatoms. The van der Waals surface area contributed by atoms with Gasteiger partial charge < -0.3 is 5.32 Å². The summed E-state index contributed by atoms with van der Waals surface area (Å²) in [4.78, 5) is 9.09. The second kappa shape index (κ2) is 6.35. The molecule has 0 bridgehead atoms. The summed E-state index contributed by atoms with van der Waals surface area (Å²) < 4.78 is 0.899. The third-order valence-corrected chi connectivity index (χ3v) is 3.95. The maximum atomic E-state index is 4.64. The summed E-state index contributed by atoms with van der Waals surface area (Å²) in [7, 11) is 0. The fraction of sp³-hybridized carbons (Fsp3) is 0.375. The van der Waals surface area contributed by atoms with Crippen molar-refractivity contribution in [1.82, 2.24) is 9.97 Å². The fourth-order valence-electron chi connectivity index (χ4n) is 2.07. The molecular weight excluding hydrogens is 314 g/mol. The van der Waals surface area contributed by atoms with E-state index >= 15 is 0 Å². The smallest absolute Gasteiger partial charge is 0.161 e. The molecule has 0 spiro atoms. The highest BCUT2D eigenvalue weighted by atomic mass is 79.9. The Kier molecular flexibility index (Phi) is 4.76. The first-order valence-electron chi connectivity index (χ1n) is 6.87. The summed E-state index contributed by atoms with van der Waals surface area (Å²) in [5.41, 5.74) is 4.87. The van der Waals surface area contributed by atoms with E-state index in [1.165, 1.54) is 16.7 Å². The van der Waals surface area contributed by atoms with Crippen molar-refractivity contribution in [3.05, 3.63) is 39.5 Å². The van der Waals surface area contributed by atoms with Crippen LogP contribution in [-0.4, -0.2) is 16.5 Å². The molecule has 0 saturated carbocycles. The van der Waals surface area contributed by atoms with Crippen LogP contribution in [0.1, 0.15) is 30.0 Å². The van der Waals surface area contributed by atoms with Crippen LogP contribution < -0.4 is 5.32 Å². The van der Waals surface area contributed by atoms with Crippen LogP contribution >= 0.6 is 15.9 Å². The van der Waals surface area contributed by atoms with Gasteiger partial charge >= 0.3 is 0 Å². The molecule has 0 amide bonds. The van der Waals surface area contributed by atoms with Gasteiger partial charge in [0.2, 0.25) is 0 Å². The number of halogens is 1. The zero-order valence-corrected chi connectivity index (χ0v) is 14.0. The number of aromatic nitrogens is 2. The topological polar surface area (TPSA) is 37.8 Å². The standard InChI is InChI=1S/C16H20BrN3/c1-5-6-18-16-14(17)9-19-15(20-16)13-8-11(3)10(2)7-12(13)4/h7-9H,5-6H2,1-4H3,(H,18,19,20). The van der Waals surface area contributed by atoms with Crippen LogP contribution in [-0.2, 0) is 0 Å². The molecule has 20 heavy (non-hydrogen) atoms. The largest absolute Gasteiger partial charge is 0.369 e. The second-order valence-corrected chi connectivity index (χ2v) is 5.92. The third-order valence-electron chi connectivity index (χ3n) is 3.37. The van der Waals surface area contributed by atoms with E-state index in [0.29, 0.717) is 0 Å². The van der Waals surface area contributed by atoms with E-state index in [1.54, 1.807) is 0 Å². The molecule has 106 valence electrons. The average Bonchev–Trinajstić information content (AvgIpc) is 2.42. The SMILES string of the molecule is CCCNc1nc(-c2cc(C)c(C)cc2C)ncc1Br. The first-order valence-corrected chi connectivity index (χ1v) is 7.67. The van der Waals surface area contributed by atoms with Gasteiger partial charge in [-0.15, -0.1) is 0 Å². The van der Waals surface area contributed by atoms with Crippen LogP contribution in [0.5, 0.6) is 0 Å². The van der Waals surface area contributed by atoms with E-state index < -0.39 is 0 Å². The van der Waals surface area contributed by atoms with Gasteiger partial charge in [-0.05, 0) is 65.9 Å². The summed E-state index contributed by atoms with van der Waals surface area (Å²) >= 11 is 3.49. The van der Waals surface area contributed by atoms with Crippen molar-refractivity contribution in [1.29, 1.82) is 0 Å². The van der Waals surface area contributed by atoms with E-state index in [-0.39, 0.29) is 0 Å². The maximum absolute atomic E-state index is 4.64. The zero-order valence-electron chi connectivity index (χ0n) is 12.4. The van der Waals surface area contributed by atoms with Crippen molar-refractivity contribution in [2.45, 2.75) is 34.1 Å². The minimum atomic E-state index is 0.771. The zero-order chi connectivity index (χ0) is 14.7. The third kappa shape index (κ3) is 3.18. The molecule has 1 N–H and O–H groups in total. The van der Waals surface area contributed by atoms with Crippen molar-refractivity contribution >= 4 is 21.7 Å². The van der Waals surface area contributed by atoms with Crippen LogP contribution in [0.15, 0.2) is 22.8 Å². The Labute approximate surface area is 129 Å². The van der Waals surface area contributed by atoms with Gasteiger partial charge in [0, 0.05) is 18.3 Å². The molecule has 0 aliphatic carbocycles. The Morgan fingerprint density at radius 2 is 1.80 bits per heavy atom. The Morgan fingerprint density at radius 3 is 2.50 bits per heavy atom. The molecule has 2 rings (SSSR count). The lowest BCUT2D eigenvalue weighted by atomic mass is 10.0. The van der Waals surface area contributed by atoms with E-state index in [1.807, 2.05) is 6.20 Å². The molecule has 2 aromatic rings.